The van der Waals surface area contributed by atoms with Crippen LogP contribution < -0.4 is 5.32 Å². The van der Waals surface area contributed by atoms with Gasteiger partial charge in [0, 0.05) is 30.6 Å². The SMILES string of the molecule is CCNC(Cc1ccccn1)c1ccc(S(C)(=O)=O)cc1. The molecular weight excluding hydrogens is 284 g/mol. The molecule has 1 unspecified atom stereocenters. The molecule has 0 radical (unpaired) electrons. The highest BCUT2D eigenvalue weighted by atomic mass is 32.2. The van der Waals surface area contributed by atoms with Crippen LogP contribution in [0.1, 0.15) is 24.2 Å². The molecule has 2 aromatic rings. The van der Waals surface area contributed by atoms with Gasteiger partial charge in [-0.15, -0.1) is 0 Å². The topological polar surface area (TPSA) is 59.1 Å². The largest absolute Gasteiger partial charge is 0.310 e. The fourth-order valence-electron chi connectivity index (χ4n) is 2.23. The van der Waals surface area contributed by atoms with Crippen LogP contribution in [0.5, 0.6) is 0 Å². The van der Waals surface area contributed by atoms with Gasteiger partial charge in [0.2, 0.25) is 0 Å². The first-order chi connectivity index (χ1) is 10.0. The maximum Gasteiger partial charge on any atom is 0.175 e. The Morgan fingerprint density at radius 3 is 2.38 bits per heavy atom. The number of hydrogen-bond acceptors (Lipinski definition) is 4. The van der Waals surface area contributed by atoms with Crippen molar-refractivity contribution in [3.05, 3.63) is 59.9 Å². The summed E-state index contributed by atoms with van der Waals surface area (Å²) in [6.07, 6.45) is 3.77. The summed E-state index contributed by atoms with van der Waals surface area (Å²) in [4.78, 5) is 4.69. The molecule has 0 saturated heterocycles. The van der Waals surface area contributed by atoms with E-state index in [4.69, 9.17) is 0 Å². The second-order valence-electron chi connectivity index (χ2n) is 4.98. The van der Waals surface area contributed by atoms with Crippen molar-refractivity contribution in [1.29, 1.82) is 0 Å². The van der Waals surface area contributed by atoms with Crippen molar-refractivity contribution in [3.63, 3.8) is 0 Å². The van der Waals surface area contributed by atoms with Crippen LogP contribution in [0.15, 0.2) is 53.6 Å². The van der Waals surface area contributed by atoms with Gasteiger partial charge < -0.3 is 5.32 Å². The van der Waals surface area contributed by atoms with Crippen molar-refractivity contribution < 1.29 is 8.42 Å². The van der Waals surface area contributed by atoms with Gasteiger partial charge in [0.1, 0.15) is 0 Å². The molecule has 1 heterocycles. The van der Waals surface area contributed by atoms with Crippen LogP contribution >= 0.6 is 0 Å². The average Bonchev–Trinajstić information content (AvgIpc) is 2.47. The van der Waals surface area contributed by atoms with E-state index in [-0.39, 0.29) is 6.04 Å². The molecule has 0 fully saturated rings. The van der Waals surface area contributed by atoms with Crippen LogP contribution in [-0.4, -0.2) is 26.2 Å². The molecule has 0 amide bonds. The van der Waals surface area contributed by atoms with Gasteiger partial charge in [-0.3, -0.25) is 4.98 Å². The van der Waals surface area contributed by atoms with Crippen LogP contribution in [0.4, 0.5) is 0 Å². The third-order valence-corrected chi connectivity index (χ3v) is 4.43. The Labute approximate surface area is 126 Å². The first kappa shape index (κ1) is 15.7. The van der Waals surface area contributed by atoms with E-state index in [1.807, 2.05) is 30.3 Å². The summed E-state index contributed by atoms with van der Waals surface area (Å²) in [7, 11) is -3.15. The number of aromatic nitrogens is 1. The van der Waals surface area contributed by atoms with Gasteiger partial charge in [-0.1, -0.05) is 25.1 Å². The minimum atomic E-state index is -3.15. The molecule has 0 saturated carbocycles. The summed E-state index contributed by atoms with van der Waals surface area (Å²) >= 11 is 0. The van der Waals surface area contributed by atoms with Crippen molar-refractivity contribution in [2.45, 2.75) is 24.3 Å². The summed E-state index contributed by atoms with van der Waals surface area (Å²) in [6, 6.07) is 13.0. The lowest BCUT2D eigenvalue weighted by atomic mass is 10.0. The van der Waals surface area contributed by atoms with E-state index in [2.05, 4.69) is 17.2 Å². The predicted molar refractivity (Wildman–Crippen MR) is 83.9 cm³/mol. The normalized spacial score (nSPS) is 13.0. The van der Waals surface area contributed by atoms with Gasteiger partial charge in [0.15, 0.2) is 9.84 Å². The van der Waals surface area contributed by atoms with Gasteiger partial charge in [-0.25, -0.2) is 8.42 Å². The Kier molecular flexibility index (Phi) is 5.09. The molecule has 2 rings (SSSR count). The number of pyridine rings is 1. The molecule has 21 heavy (non-hydrogen) atoms. The second-order valence-corrected chi connectivity index (χ2v) is 6.99. The number of hydrogen-bond donors (Lipinski definition) is 1. The summed E-state index contributed by atoms with van der Waals surface area (Å²) in [6.45, 7) is 2.89. The molecule has 0 aliphatic carbocycles. The average molecular weight is 304 g/mol. The Balaban J connectivity index is 2.22. The number of likely N-dealkylation sites (N-methyl/N-ethyl adjacent to an activating group) is 1. The zero-order valence-electron chi connectivity index (χ0n) is 12.3. The van der Waals surface area contributed by atoms with Crippen molar-refractivity contribution >= 4 is 9.84 Å². The van der Waals surface area contributed by atoms with E-state index in [0.717, 1.165) is 24.2 Å². The zero-order valence-corrected chi connectivity index (χ0v) is 13.1. The van der Waals surface area contributed by atoms with Crippen molar-refractivity contribution in [3.8, 4) is 0 Å². The molecule has 0 bridgehead atoms. The first-order valence-corrected chi connectivity index (χ1v) is 8.83. The standard InChI is InChI=1S/C16H20N2O2S/c1-3-17-16(12-14-6-4-5-11-18-14)13-7-9-15(10-8-13)21(2,19)20/h4-11,16-17H,3,12H2,1-2H3. The molecule has 1 atom stereocenters. The van der Waals surface area contributed by atoms with Crippen molar-refractivity contribution in [2.24, 2.45) is 0 Å². The Bertz CT molecular complexity index is 667. The van der Waals surface area contributed by atoms with Gasteiger partial charge >= 0.3 is 0 Å². The van der Waals surface area contributed by atoms with E-state index >= 15 is 0 Å². The van der Waals surface area contributed by atoms with Gasteiger partial charge in [-0.2, -0.15) is 0 Å². The molecular formula is C16H20N2O2S. The van der Waals surface area contributed by atoms with E-state index in [1.165, 1.54) is 6.26 Å². The van der Waals surface area contributed by atoms with E-state index in [9.17, 15) is 8.42 Å². The number of nitrogens with one attached hydrogen (secondary N) is 1. The van der Waals surface area contributed by atoms with E-state index in [0.29, 0.717) is 4.90 Å². The highest BCUT2D eigenvalue weighted by molar-refractivity contribution is 7.90. The number of rotatable bonds is 6. The summed E-state index contributed by atoms with van der Waals surface area (Å²) < 4.78 is 23.0. The number of benzene rings is 1. The predicted octanol–water partition coefficient (Wildman–Crippen LogP) is 2.38. The fourth-order valence-corrected chi connectivity index (χ4v) is 2.86. The maximum atomic E-state index is 11.5. The van der Waals surface area contributed by atoms with Crippen LogP contribution in [0.3, 0.4) is 0 Å². The zero-order chi connectivity index (χ0) is 15.3. The minimum Gasteiger partial charge on any atom is -0.310 e. The lowest BCUT2D eigenvalue weighted by molar-refractivity contribution is 0.543. The van der Waals surface area contributed by atoms with Crippen molar-refractivity contribution in [2.75, 3.05) is 12.8 Å². The lowest BCUT2D eigenvalue weighted by Gasteiger charge is -2.18. The van der Waals surface area contributed by atoms with Crippen LogP contribution in [0, 0.1) is 0 Å². The Morgan fingerprint density at radius 2 is 1.86 bits per heavy atom. The molecule has 1 aromatic heterocycles. The molecule has 0 aliphatic rings. The molecule has 1 aromatic carbocycles. The van der Waals surface area contributed by atoms with Crippen LogP contribution in [0.2, 0.25) is 0 Å². The monoisotopic (exact) mass is 304 g/mol. The molecule has 1 N–H and O–H groups in total. The fraction of sp³-hybridized carbons (Fsp3) is 0.312. The summed E-state index contributed by atoms with van der Waals surface area (Å²) in [5.74, 6) is 0. The number of sulfone groups is 1. The summed E-state index contributed by atoms with van der Waals surface area (Å²) in [5.41, 5.74) is 2.07. The third-order valence-electron chi connectivity index (χ3n) is 3.30. The molecule has 0 spiro atoms. The summed E-state index contributed by atoms with van der Waals surface area (Å²) in [5, 5.41) is 3.42. The third kappa shape index (κ3) is 4.37. The van der Waals surface area contributed by atoms with E-state index < -0.39 is 9.84 Å². The Hall–Kier alpha value is -1.72. The van der Waals surface area contributed by atoms with E-state index in [1.54, 1.807) is 18.3 Å². The van der Waals surface area contributed by atoms with Crippen LogP contribution in [0.25, 0.3) is 0 Å². The van der Waals surface area contributed by atoms with Crippen LogP contribution in [-0.2, 0) is 16.3 Å². The molecule has 112 valence electrons. The van der Waals surface area contributed by atoms with Gasteiger partial charge in [0.25, 0.3) is 0 Å². The highest BCUT2D eigenvalue weighted by Crippen LogP contribution is 2.19. The van der Waals surface area contributed by atoms with Gasteiger partial charge in [0.05, 0.1) is 4.90 Å². The molecule has 4 nitrogen and oxygen atoms in total. The van der Waals surface area contributed by atoms with Gasteiger partial charge in [-0.05, 0) is 36.4 Å². The quantitative estimate of drug-likeness (QED) is 0.890. The lowest BCUT2D eigenvalue weighted by Crippen LogP contribution is -2.23. The maximum absolute atomic E-state index is 11.5. The highest BCUT2D eigenvalue weighted by Gasteiger charge is 2.13. The Morgan fingerprint density at radius 1 is 1.14 bits per heavy atom. The molecule has 5 heteroatoms. The van der Waals surface area contributed by atoms with Crippen molar-refractivity contribution in [1.82, 2.24) is 10.3 Å². The minimum absolute atomic E-state index is 0.124. The smallest absolute Gasteiger partial charge is 0.175 e. The first-order valence-electron chi connectivity index (χ1n) is 6.94. The second kappa shape index (κ2) is 6.83. The number of nitrogens with zero attached hydrogens (tertiary/aromatic N) is 1. The molecule has 0 aliphatic heterocycles.